The standard InChI is InChI=1S/CH4NO5P/c3-1(4)2-8(5,6)7/h(H,3,4)(H3,2,5,6,7)/p-1. The van der Waals surface area contributed by atoms with Gasteiger partial charge in [-0.2, -0.15) is 0 Å². The lowest BCUT2D eigenvalue weighted by molar-refractivity contribution is -0.248. The van der Waals surface area contributed by atoms with E-state index < -0.39 is 13.8 Å². The van der Waals surface area contributed by atoms with Gasteiger partial charge in [-0.15, -0.1) is 0 Å². The first-order valence-electron chi connectivity index (χ1n) is 1.46. The van der Waals surface area contributed by atoms with Crippen molar-refractivity contribution in [3.8, 4) is 0 Å². The molecule has 0 aromatic carbocycles. The SMILES string of the molecule is O=C([O-])NP(=O)(O)O. The highest BCUT2D eigenvalue weighted by Gasteiger charge is 2.09. The van der Waals surface area contributed by atoms with Crippen LogP contribution in [-0.4, -0.2) is 15.9 Å². The summed E-state index contributed by atoms with van der Waals surface area (Å²) in [5, 5.41) is 10.2. The van der Waals surface area contributed by atoms with Crippen LogP contribution in [0.3, 0.4) is 0 Å². The Hall–Kier alpha value is -0.580. The van der Waals surface area contributed by atoms with Gasteiger partial charge in [0.1, 0.15) is 6.09 Å². The van der Waals surface area contributed by atoms with Crippen LogP contribution in [0.4, 0.5) is 4.79 Å². The van der Waals surface area contributed by atoms with Crippen molar-refractivity contribution in [2.24, 2.45) is 0 Å². The maximum atomic E-state index is 9.60. The van der Waals surface area contributed by atoms with Gasteiger partial charge in [0.05, 0.1) is 0 Å². The van der Waals surface area contributed by atoms with Gasteiger partial charge in [-0.05, 0) is 0 Å². The smallest absolute Gasteiger partial charge is 0.428 e. The minimum atomic E-state index is -4.63. The topological polar surface area (TPSA) is 110 Å². The van der Waals surface area contributed by atoms with Gasteiger partial charge in [0, 0.05) is 0 Å². The zero-order valence-electron chi connectivity index (χ0n) is 3.57. The molecule has 0 atom stereocenters. The lowest BCUT2D eigenvalue weighted by Crippen LogP contribution is -2.33. The zero-order chi connectivity index (χ0) is 6.78. The minimum Gasteiger partial charge on any atom is -0.530 e. The first kappa shape index (κ1) is 7.42. The molecule has 8 heavy (non-hydrogen) atoms. The predicted molar refractivity (Wildman–Crippen MR) is 20.6 cm³/mol. The van der Waals surface area contributed by atoms with E-state index in [9.17, 15) is 14.5 Å². The van der Waals surface area contributed by atoms with Crippen molar-refractivity contribution in [3.63, 3.8) is 0 Å². The summed E-state index contributed by atoms with van der Waals surface area (Å²) in [6.45, 7) is 0. The van der Waals surface area contributed by atoms with Gasteiger partial charge in [0.15, 0.2) is 0 Å². The summed E-state index contributed by atoms with van der Waals surface area (Å²) in [6.07, 6.45) is -1.99. The fraction of sp³-hybridized carbons (Fsp3) is 0. The van der Waals surface area contributed by atoms with Crippen LogP contribution < -0.4 is 10.2 Å². The molecule has 0 spiro atoms. The first-order valence-corrected chi connectivity index (χ1v) is 3.08. The average Bonchev–Trinajstić information content (AvgIpc) is 1.21. The fourth-order valence-electron chi connectivity index (χ4n) is 0.119. The molecule has 1 amide bonds. The second-order valence-electron chi connectivity index (χ2n) is 0.943. The van der Waals surface area contributed by atoms with Gasteiger partial charge in [-0.3, -0.25) is 5.09 Å². The highest BCUT2D eigenvalue weighted by atomic mass is 31.2. The molecule has 0 rings (SSSR count). The molecule has 0 aromatic rings. The molecule has 0 saturated carbocycles. The van der Waals surface area contributed by atoms with Crippen LogP contribution in [-0.2, 0) is 4.57 Å². The molecule has 3 N–H and O–H groups in total. The number of hydrogen-bond acceptors (Lipinski definition) is 3. The van der Waals surface area contributed by atoms with Gasteiger partial charge in [0.2, 0.25) is 0 Å². The van der Waals surface area contributed by atoms with Crippen LogP contribution in [0.2, 0.25) is 0 Å². The summed E-state index contributed by atoms with van der Waals surface area (Å²) >= 11 is 0. The van der Waals surface area contributed by atoms with Crippen molar-refractivity contribution in [3.05, 3.63) is 0 Å². The highest BCUT2D eigenvalue weighted by molar-refractivity contribution is 7.50. The number of carbonyl (C=O) groups excluding carboxylic acids is 1. The quantitative estimate of drug-likeness (QED) is 0.365. The lowest BCUT2D eigenvalue weighted by Gasteiger charge is -2.05. The van der Waals surface area contributed by atoms with Crippen LogP contribution >= 0.6 is 7.75 Å². The van der Waals surface area contributed by atoms with Crippen molar-refractivity contribution in [1.29, 1.82) is 0 Å². The van der Waals surface area contributed by atoms with E-state index in [-0.39, 0.29) is 0 Å². The van der Waals surface area contributed by atoms with E-state index in [0.29, 0.717) is 0 Å². The summed E-state index contributed by atoms with van der Waals surface area (Å²) in [5.41, 5.74) is 0. The Bertz CT molecular complexity index is 135. The van der Waals surface area contributed by atoms with E-state index >= 15 is 0 Å². The summed E-state index contributed by atoms with van der Waals surface area (Å²) < 4.78 is 9.60. The fourth-order valence-corrected chi connectivity index (χ4v) is 0.357. The number of amides is 1. The highest BCUT2D eigenvalue weighted by Crippen LogP contribution is 2.26. The summed E-state index contributed by atoms with van der Waals surface area (Å²) in [6, 6.07) is 0. The molecule has 7 heteroatoms. The Kier molecular flexibility index (Phi) is 1.97. The number of carbonyl (C=O) groups is 1. The maximum absolute atomic E-state index is 9.60. The van der Waals surface area contributed by atoms with Gasteiger partial charge >= 0.3 is 7.75 Å². The van der Waals surface area contributed by atoms with Crippen LogP contribution in [0, 0.1) is 0 Å². The molecule has 0 aromatic heterocycles. The lowest BCUT2D eigenvalue weighted by atomic mass is 11.3. The van der Waals surface area contributed by atoms with E-state index in [1.54, 1.807) is 0 Å². The van der Waals surface area contributed by atoms with Crippen LogP contribution in [0.1, 0.15) is 0 Å². The van der Waals surface area contributed by atoms with Gasteiger partial charge in [0.25, 0.3) is 0 Å². The monoisotopic (exact) mass is 140 g/mol. The van der Waals surface area contributed by atoms with Crippen molar-refractivity contribution in [2.45, 2.75) is 0 Å². The molecule has 6 nitrogen and oxygen atoms in total. The maximum Gasteiger partial charge on any atom is 0.428 e. The molecule has 0 fully saturated rings. The number of carboxylic acid groups (broad SMARTS) is 1. The minimum absolute atomic E-state index is 0.854. The van der Waals surface area contributed by atoms with Crippen molar-refractivity contribution < 1.29 is 24.3 Å². The van der Waals surface area contributed by atoms with E-state index in [4.69, 9.17) is 9.79 Å². The third-order valence-corrected chi connectivity index (χ3v) is 0.711. The normalized spacial score (nSPS) is 10.8. The van der Waals surface area contributed by atoms with E-state index in [1.807, 2.05) is 0 Å². The van der Waals surface area contributed by atoms with Crippen LogP contribution in [0.5, 0.6) is 0 Å². The Balaban J connectivity index is 3.74. The molecule has 0 unspecified atom stereocenters. The second kappa shape index (κ2) is 2.13. The summed E-state index contributed by atoms with van der Waals surface area (Å²) in [7, 11) is -4.63. The number of rotatable bonds is 1. The third-order valence-electron chi connectivity index (χ3n) is 0.237. The molecular weight excluding hydrogens is 137 g/mol. The molecule has 0 aliphatic rings. The van der Waals surface area contributed by atoms with Crippen LogP contribution in [0.15, 0.2) is 0 Å². The van der Waals surface area contributed by atoms with Crippen molar-refractivity contribution in [1.82, 2.24) is 5.09 Å². The molecular formula is CH3NO5P-. The van der Waals surface area contributed by atoms with E-state index in [0.717, 1.165) is 5.09 Å². The number of hydrogen-bond donors (Lipinski definition) is 3. The third kappa shape index (κ3) is 5.42. The van der Waals surface area contributed by atoms with E-state index in [2.05, 4.69) is 0 Å². The first-order chi connectivity index (χ1) is 3.42. The molecule has 0 aliphatic carbocycles. The Morgan fingerprint density at radius 3 is 2.00 bits per heavy atom. The van der Waals surface area contributed by atoms with Gasteiger partial charge < -0.3 is 19.7 Å². The van der Waals surface area contributed by atoms with Gasteiger partial charge in [-0.1, -0.05) is 0 Å². The van der Waals surface area contributed by atoms with E-state index in [1.165, 1.54) is 0 Å². The Labute approximate surface area is 44.4 Å². The molecule has 0 aliphatic heterocycles. The molecule has 0 bridgehead atoms. The molecule has 48 valence electrons. The Morgan fingerprint density at radius 1 is 1.62 bits per heavy atom. The molecule has 0 heterocycles. The van der Waals surface area contributed by atoms with Crippen LogP contribution in [0.25, 0.3) is 0 Å². The summed E-state index contributed by atoms with van der Waals surface area (Å²) in [4.78, 5) is 24.8. The predicted octanol–water partition coefficient (Wildman–Crippen LogP) is -1.99. The second-order valence-corrected chi connectivity index (χ2v) is 2.25. The van der Waals surface area contributed by atoms with Gasteiger partial charge in [-0.25, -0.2) is 4.57 Å². The zero-order valence-corrected chi connectivity index (χ0v) is 4.46. The van der Waals surface area contributed by atoms with Crippen molar-refractivity contribution in [2.75, 3.05) is 0 Å². The summed E-state index contributed by atoms with van der Waals surface area (Å²) in [5.74, 6) is 0. The molecule has 0 radical (unpaired) electrons. The van der Waals surface area contributed by atoms with Crippen molar-refractivity contribution >= 4 is 13.8 Å². The molecule has 0 saturated heterocycles. The Morgan fingerprint density at radius 2 is 2.00 bits per heavy atom. The largest absolute Gasteiger partial charge is 0.530 e. The number of nitrogens with one attached hydrogen (secondary N) is 1. The average molecular weight is 140 g/mol.